The molecule has 0 aliphatic carbocycles. The van der Waals surface area contributed by atoms with E-state index in [1.54, 1.807) is 25.3 Å². The molecular weight excluding hydrogens is 424 g/mol. The number of nitrogens with zero attached hydrogens (tertiary/aromatic N) is 3. The smallest absolute Gasteiger partial charge is 0.263 e. The van der Waals surface area contributed by atoms with Crippen LogP contribution in [-0.2, 0) is 14.8 Å². The Hall–Kier alpha value is -2.84. The van der Waals surface area contributed by atoms with E-state index in [0.29, 0.717) is 6.42 Å². The first-order valence-corrected chi connectivity index (χ1v) is 12.4. The van der Waals surface area contributed by atoms with E-state index >= 15 is 0 Å². The second kappa shape index (κ2) is 9.34. The van der Waals surface area contributed by atoms with Crippen molar-refractivity contribution in [1.29, 1.82) is 0 Å². The highest BCUT2D eigenvalue weighted by Gasteiger charge is 2.27. The molecule has 8 heteroatoms. The standard InChI is InChI=1S/C24H30N4O3S/c1-25-24(29)21-11-13-28(14-12-21)32(30,31)23-9-5-20(6-10-23)19-3-7-22(8-4-19)27-17-15-26(2)16-18-27/h3-11,13,21H,12,14-18H2,1-2H3,(H,25,29). The summed E-state index contributed by atoms with van der Waals surface area (Å²) in [5, 5.41) is 2.60. The lowest BCUT2D eigenvalue weighted by Gasteiger charge is -2.34. The summed E-state index contributed by atoms with van der Waals surface area (Å²) in [5.74, 6) is -0.385. The van der Waals surface area contributed by atoms with E-state index < -0.39 is 10.0 Å². The molecular formula is C24H30N4O3S. The van der Waals surface area contributed by atoms with Crippen molar-refractivity contribution in [2.45, 2.75) is 11.3 Å². The Labute approximate surface area is 190 Å². The Morgan fingerprint density at radius 1 is 0.906 bits per heavy atom. The van der Waals surface area contributed by atoms with Crippen LogP contribution >= 0.6 is 0 Å². The van der Waals surface area contributed by atoms with Gasteiger partial charge in [0, 0.05) is 51.7 Å². The molecule has 1 saturated heterocycles. The first-order valence-electron chi connectivity index (χ1n) is 10.9. The van der Waals surface area contributed by atoms with Crippen molar-refractivity contribution in [3.05, 3.63) is 60.8 Å². The van der Waals surface area contributed by atoms with Gasteiger partial charge in [0.1, 0.15) is 0 Å². The van der Waals surface area contributed by atoms with Crippen LogP contribution in [0.15, 0.2) is 65.7 Å². The normalized spacial score (nSPS) is 19.8. The molecule has 0 spiro atoms. The largest absolute Gasteiger partial charge is 0.369 e. The maximum absolute atomic E-state index is 13.0. The summed E-state index contributed by atoms with van der Waals surface area (Å²) < 4.78 is 27.3. The van der Waals surface area contributed by atoms with Crippen LogP contribution in [0.3, 0.4) is 0 Å². The van der Waals surface area contributed by atoms with Gasteiger partial charge in [-0.3, -0.25) is 9.10 Å². The van der Waals surface area contributed by atoms with Gasteiger partial charge in [-0.2, -0.15) is 0 Å². The summed E-state index contributed by atoms with van der Waals surface area (Å²) in [6.45, 7) is 4.47. The first kappa shape index (κ1) is 22.4. The number of carbonyl (C=O) groups is 1. The lowest BCUT2D eigenvalue weighted by molar-refractivity contribution is -0.123. The number of rotatable bonds is 5. The topological polar surface area (TPSA) is 73.0 Å². The van der Waals surface area contributed by atoms with E-state index in [-0.39, 0.29) is 23.3 Å². The highest BCUT2D eigenvalue weighted by atomic mass is 32.2. The van der Waals surface area contributed by atoms with Crippen LogP contribution in [0.1, 0.15) is 6.42 Å². The fourth-order valence-corrected chi connectivity index (χ4v) is 5.45. The highest BCUT2D eigenvalue weighted by molar-refractivity contribution is 7.89. The van der Waals surface area contributed by atoms with E-state index in [0.717, 1.165) is 37.3 Å². The number of benzene rings is 2. The van der Waals surface area contributed by atoms with E-state index in [1.807, 2.05) is 12.1 Å². The molecule has 7 nitrogen and oxygen atoms in total. The fraction of sp³-hybridized carbons (Fsp3) is 0.375. The van der Waals surface area contributed by atoms with Gasteiger partial charge in [-0.1, -0.05) is 30.3 Å². The zero-order valence-electron chi connectivity index (χ0n) is 18.6. The third-order valence-electron chi connectivity index (χ3n) is 6.26. The molecule has 2 aromatic carbocycles. The van der Waals surface area contributed by atoms with Crippen molar-refractivity contribution in [2.75, 3.05) is 51.7 Å². The summed E-state index contributed by atoms with van der Waals surface area (Å²) in [6, 6.07) is 15.4. The number of sulfonamides is 1. The van der Waals surface area contributed by atoms with E-state index in [1.165, 1.54) is 16.2 Å². The molecule has 0 bridgehead atoms. The molecule has 2 aliphatic heterocycles. The molecule has 2 aromatic rings. The van der Waals surface area contributed by atoms with Gasteiger partial charge in [0.2, 0.25) is 5.91 Å². The number of piperazine rings is 1. The van der Waals surface area contributed by atoms with Gasteiger partial charge in [-0.25, -0.2) is 8.42 Å². The minimum Gasteiger partial charge on any atom is -0.369 e. The van der Waals surface area contributed by atoms with Crippen molar-refractivity contribution in [1.82, 2.24) is 14.5 Å². The Morgan fingerprint density at radius 2 is 1.50 bits per heavy atom. The first-order chi connectivity index (χ1) is 15.4. The van der Waals surface area contributed by atoms with Crippen molar-refractivity contribution in [3.8, 4) is 11.1 Å². The molecule has 1 fully saturated rings. The van der Waals surface area contributed by atoms with Crippen LogP contribution in [0.5, 0.6) is 0 Å². The molecule has 1 atom stereocenters. The molecule has 1 amide bonds. The van der Waals surface area contributed by atoms with Crippen LogP contribution in [-0.4, -0.2) is 70.3 Å². The minimum absolute atomic E-state index is 0.0960. The quantitative estimate of drug-likeness (QED) is 0.751. The monoisotopic (exact) mass is 454 g/mol. The Morgan fingerprint density at radius 3 is 2.03 bits per heavy atom. The number of hydrogen-bond donors (Lipinski definition) is 1. The maximum Gasteiger partial charge on any atom is 0.263 e. The average molecular weight is 455 g/mol. The summed E-state index contributed by atoms with van der Waals surface area (Å²) >= 11 is 0. The molecule has 0 saturated carbocycles. The number of anilines is 1. The third-order valence-corrected chi connectivity index (χ3v) is 8.05. The van der Waals surface area contributed by atoms with Crippen LogP contribution in [0.4, 0.5) is 5.69 Å². The van der Waals surface area contributed by atoms with Crippen molar-refractivity contribution in [3.63, 3.8) is 0 Å². The Kier molecular flexibility index (Phi) is 6.53. The molecule has 1 N–H and O–H groups in total. The maximum atomic E-state index is 13.0. The summed E-state index contributed by atoms with van der Waals surface area (Å²) in [6.07, 6.45) is 3.62. The molecule has 2 aliphatic rings. The predicted octanol–water partition coefficient (Wildman–Crippen LogP) is 2.38. The molecule has 32 heavy (non-hydrogen) atoms. The van der Waals surface area contributed by atoms with E-state index in [9.17, 15) is 13.2 Å². The average Bonchev–Trinajstić information content (AvgIpc) is 2.84. The van der Waals surface area contributed by atoms with Gasteiger partial charge in [0.15, 0.2) is 0 Å². The third kappa shape index (κ3) is 4.66. The van der Waals surface area contributed by atoms with Gasteiger partial charge in [-0.15, -0.1) is 0 Å². The zero-order chi connectivity index (χ0) is 22.7. The molecule has 4 rings (SSSR count). The molecule has 170 valence electrons. The summed E-state index contributed by atoms with van der Waals surface area (Å²) in [7, 11) is 0.0920. The molecule has 2 heterocycles. The van der Waals surface area contributed by atoms with Crippen LogP contribution in [0.25, 0.3) is 11.1 Å². The Bertz CT molecular complexity index is 1070. The SMILES string of the molecule is CNC(=O)C1C=CN(S(=O)(=O)c2ccc(-c3ccc(N4CCN(C)CC4)cc3)cc2)CC1. The highest BCUT2D eigenvalue weighted by Crippen LogP contribution is 2.27. The van der Waals surface area contributed by atoms with E-state index in [2.05, 4.69) is 46.4 Å². The summed E-state index contributed by atoms with van der Waals surface area (Å²) in [5.41, 5.74) is 3.24. The van der Waals surface area contributed by atoms with Gasteiger partial charge >= 0.3 is 0 Å². The number of carbonyl (C=O) groups excluding carboxylic acids is 1. The summed E-state index contributed by atoms with van der Waals surface area (Å²) in [4.78, 5) is 16.7. The zero-order valence-corrected chi connectivity index (χ0v) is 19.4. The molecule has 1 unspecified atom stereocenters. The lowest BCUT2D eigenvalue weighted by atomic mass is 10.0. The van der Waals surface area contributed by atoms with E-state index in [4.69, 9.17) is 0 Å². The van der Waals surface area contributed by atoms with Crippen molar-refractivity contribution >= 4 is 21.6 Å². The van der Waals surface area contributed by atoms with Gasteiger partial charge in [0.05, 0.1) is 10.8 Å². The lowest BCUT2D eigenvalue weighted by Crippen LogP contribution is -2.44. The van der Waals surface area contributed by atoms with Gasteiger partial charge < -0.3 is 15.1 Å². The van der Waals surface area contributed by atoms with Crippen molar-refractivity contribution < 1.29 is 13.2 Å². The predicted molar refractivity (Wildman–Crippen MR) is 127 cm³/mol. The van der Waals surface area contributed by atoms with Crippen LogP contribution in [0, 0.1) is 5.92 Å². The molecule has 0 radical (unpaired) electrons. The van der Waals surface area contributed by atoms with Crippen molar-refractivity contribution in [2.24, 2.45) is 5.92 Å². The number of hydrogen-bond acceptors (Lipinski definition) is 5. The second-order valence-corrected chi connectivity index (χ2v) is 10.2. The second-order valence-electron chi connectivity index (χ2n) is 8.33. The number of nitrogens with one attached hydrogen (secondary N) is 1. The Balaban J connectivity index is 1.45. The number of amides is 1. The van der Waals surface area contributed by atoms with Gasteiger partial charge in [0.25, 0.3) is 10.0 Å². The van der Waals surface area contributed by atoms with Crippen LogP contribution in [0.2, 0.25) is 0 Å². The van der Waals surface area contributed by atoms with Gasteiger partial charge in [-0.05, 0) is 48.9 Å². The fourth-order valence-electron chi connectivity index (χ4n) is 4.13. The minimum atomic E-state index is -3.64. The number of likely N-dealkylation sites (N-methyl/N-ethyl adjacent to an activating group) is 1. The molecule has 0 aromatic heterocycles. The van der Waals surface area contributed by atoms with Crippen LogP contribution < -0.4 is 10.2 Å².